The van der Waals surface area contributed by atoms with E-state index in [-0.39, 0.29) is 10.8 Å². The van der Waals surface area contributed by atoms with Gasteiger partial charge in [0.1, 0.15) is 0 Å². The fraction of sp³-hybridized carbons (Fsp3) is 0.0545. The third-order valence-electron chi connectivity index (χ3n) is 24.4. The molecule has 0 fully saturated rings. The monoisotopic (exact) mass is 1460 g/mol. The van der Waals surface area contributed by atoms with Gasteiger partial charge in [-0.2, -0.15) is 0 Å². The van der Waals surface area contributed by atoms with E-state index < -0.39 is 0 Å². The van der Waals surface area contributed by atoms with E-state index in [1.807, 2.05) is 0 Å². The average molecular weight is 1460 g/mol. The molecule has 114 heavy (non-hydrogen) atoms. The Morgan fingerprint density at radius 1 is 0.202 bits per heavy atom. The summed E-state index contributed by atoms with van der Waals surface area (Å²) in [6.45, 7) is 9.44. The molecule has 0 atom stereocenters. The summed E-state index contributed by atoms with van der Waals surface area (Å²) in [5, 5.41) is 10.3. The molecule has 2 aliphatic rings. The highest BCUT2D eigenvalue weighted by molar-refractivity contribution is 6.19. The Bertz CT molecular complexity index is 7100. The van der Waals surface area contributed by atoms with Gasteiger partial charge in [-0.25, -0.2) is 0 Å². The third kappa shape index (κ3) is 11.3. The van der Waals surface area contributed by atoms with Crippen molar-refractivity contribution in [3.8, 4) is 78.1 Å². The molecule has 2 heterocycles. The summed E-state index contributed by atoms with van der Waals surface area (Å²) in [5.41, 5.74) is 34.6. The summed E-state index contributed by atoms with van der Waals surface area (Å²) < 4.78 is 4.88. The molecule has 20 aromatic rings. The van der Waals surface area contributed by atoms with Crippen LogP contribution >= 0.6 is 0 Å². The van der Waals surface area contributed by atoms with E-state index in [0.29, 0.717) is 0 Å². The molecule has 0 radical (unpaired) electrons. The maximum atomic E-state index is 2.44. The van der Waals surface area contributed by atoms with Gasteiger partial charge in [-0.3, -0.25) is 0 Å². The first-order valence-electron chi connectivity index (χ1n) is 39.7. The molecule has 4 heteroatoms. The van der Waals surface area contributed by atoms with Crippen LogP contribution in [0.15, 0.2) is 413 Å². The van der Waals surface area contributed by atoms with Crippen molar-refractivity contribution >= 4 is 99.3 Å². The molecule has 18 aromatic carbocycles. The fourth-order valence-electron chi connectivity index (χ4n) is 18.8. The lowest BCUT2D eigenvalue weighted by molar-refractivity contribution is 0.660. The van der Waals surface area contributed by atoms with Crippen LogP contribution in [0.2, 0.25) is 0 Å². The van der Waals surface area contributed by atoms with Crippen LogP contribution in [0, 0.1) is 0 Å². The van der Waals surface area contributed by atoms with Crippen LogP contribution < -0.4 is 9.80 Å². The van der Waals surface area contributed by atoms with Crippen LogP contribution in [0.5, 0.6) is 0 Å². The lowest BCUT2D eigenvalue weighted by atomic mass is 9.82. The lowest BCUT2D eigenvalue weighted by Gasteiger charge is -2.26. The van der Waals surface area contributed by atoms with Gasteiger partial charge < -0.3 is 18.9 Å². The van der Waals surface area contributed by atoms with Crippen molar-refractivity contribution in [1.82, 2.24) is 9.13 Å². The molecular weight excluding hydrogens is 1380 g/mol. The summed E-state index contributed by atoms with van der Waals surface area (Å²) in [6.07, 6.45) is 0. The quantitative estimate of drug-likeness (QED) is 0.121. The van der Waals surface area contributed by atoms with E-state index in [0.717, 1.165) is 45.5 Å². The molecule has 2 aliphatic carbocycles. The summed E-state index contributed by atoms with van der Waals surface area (Å²) in [5.74, 6) is 0. The van der Waals surface area contributed by atoms with Crippen molar-refractivity contribution in [3.63, 3.8) is 0 Å². The Morgan fingerprint density at radius 3 is 1.06 bits per heavy atom. The fourth-order valence-corrected chi connectivity index (χ4v) is 18.8. The number of fused-ring (bicyclic) bond motifs is 16. The molecule has 540 valence electrons. The molecular formula is C110H80N4. The van der Waals surface area contributed by atoms with Gasteiger partial charge in [0.25, 0.3) is 0 Å². The highest BCUT2D eigenvalue weighted by Gasteiger charge is 2.39. The standard InChI is InChI=1S/2C55H40N2/c1-55(2)49-21-10-8-18-47(49)53-50(55)35-36-52-54(53)48-19-9-11-22-51(48)57(52)44-31-25-38(26-32-44)37-23-29-42(30-24-37)56(41-15-4-3-5-16-41)43-33-27-40(28-34-43)46-20-12-14-39-13-6-7-17-45(39)46;1-55(2)49-21-10-8-19-47(49)53-50(55)33-34-52-54(53)48-20-9-11-22-51(48)57(52)45-31-27-39(28-32-45)38-25-29-44(30-26-38)56(43-16-4-3-5-17-43)46-18-12-15-41(36-46)42-24-23-37-13-6-7-14-40(37)35-42/h2*3-36H,1-2H3. The van der Waals surface area contributed by atoms with Gasteiger partial charge in [0.15, 0.2) is 0 Å². The second-order valence-electron chi connectivity index (χ2n) is 31.5. The van der Waals surface area contributed by atoms with E-state index >= 15 is 0 Å². The first kappa shape index (κ1) is 67.8. The smallest absolute Gasteiger partial charge is 0.0547 e. The first-order valence-corrected chi connectivity index (χ1v) is 39.7. The number of hydrogen-bond donors (Lipinski definition) is 0. The van der Waals surface area contributed by atoms with Gasteiger partial charge in [-0.05, 0) is 238 Å². The van der Waals surface area contributed by atoms with Crippen LogP contribution in [0.4, 0.5) is 34.1 Å². The minimum absolute atomic E-state index is 0.0403. The zero-order chi connectivity index (χ0) is 76.2. The summed E-state index contributed by atoms with van der Waals surface area (Å²) >= 11 is 0. The zero-order valence-corrected chi connectivity index (χ0v) is 64.0. The van der Waals surface area contributed by atoms with Gasteiger partial charge >= 0.3 is 0 Å². The van der Waals surface area contributed by atoms with Crippen molar-refractivity contribution in [1.29, 1.82) is 0 Å². The molecule has 0 amide bonds. The molecule has 0 saturated heterocycles. The van der Waals surface area contributed by atoms with Crippen molar-refractivity contribution in [2.24, 2.45) is 0 Å². The van der Waals surface area contributed by atoms with Crippen LogP contribution in [0.25, 0.3) is 143 Å². The molecule has 0 spiro atoms. The van der Waals surface area contributed by atoms with E-state index in [4.69, 9.17) is 0 Å². The topological polar surface area (TPSA) is 16.3 Å². The number of rotatable bonds is 12. The van der Waals surface area contributed by atoms with Crippen molar-refractivity contribution in [3.05, 3.63) is 435 Å². The Hall–Kier alpha value is -14.3. The second-order valence-corrected chi connectivity index (χ2v) is 31.5. The molecule has 22 rings (SSSR count). The highest BCUT2D eigenvalue weighted by Crippen LogP contribution is 2.56. The van der Waals surface area contributed by atoms with E-state index in [2.05, 4.69) is 459 Å². The minimum atomic E-state index is -0.0411. The molecule has 0 unspecified atom stereocenters. The Balaban J connectivity index is 0.000000143. The maximum Gasteiger partial charge on any atom is 0.0547 e. The Labute approximate surface area is 665 Å². The molecule has 2 aromatic heterocycles. The average Bonchev–Trinajstić information content (AvgIpc) is 1.54. The maximum absolute atomic E-state index is 2.44. The molecule has 4 nitrogen and oxygen atoms in total. The van der Waals surface area contributed by atoms with Crippen molar-refractivity contribution in [2.75, 3.05) is 9.80 Å². The number of benzene rings is 18. The predicted molar refractivity (Wildman–Crippen MR) is 483 cm³/mol. The van der Waals surface area contributed by atoms with Crippen LogP contribution in [0.3, 0.4) is 0 Å². The number of aromatic nitrogens is 2. The molecule has 0 bridgehead atoms. The highest BCUT2D eigenvalue weighted by atomic mass is 15.1. The first-order chi connectivity index (χ1) is 56.1. The lowest BCUT2D eigenvalue weighted by Crippen LogP contribution is -2.14. The SMILES string of the molecule is CC1(C)c2ccccc2-c2c1ccc1c2c2ccccc2n1-c1ccc(-c2ccc(N(c3ccccc3)c3ccc(-c4cccc5ccccc45)cc3)cc2)cc1.CC1(C)c2ccccc2-c2c1ccc1c2c2ccccc2n1-c1ccc(-c2ccc(N(c3ccccc3)c3cccc(-c4ccc5ccccc5c4)c3)cc2)cc1. The van der Waals surface area contributed by atoms with Crippen molar-refractivity contribution < 1.29 is 0 Å². The van der Waals surface area contributed by atoms with Gasteiger partial charge in [-0.1, -0.05) is 313 Å². The Morgan fingerprint density at radius 2 is 0.553 bits per heavy atom. The summed E-state index contributed by atoms with van der Waals surface area (Å²) in [7, 11) is 0. The van der Waals surface area contributed by atoms with Gasteiger partial charge in [0, 0.05) is 77.9 Å². The summed E-state index contributed by atoms with van der Waals surface area (Å²) in [6, 6.07) is 151. The number of hydrogen-bond acceptors (Lipinski definition) is 2. The van der Waals surface area contributed by atoms with Crippen LogP contribution in [-0.2, 0) is 10.8 Å². The van der Waals surface area contributed by atoms with Gasteiger partial charge in [-0.15, -0.1) is 0 Å². The number of anilines is 6. The van der Waals surface area contributed by atoms with E-state index in [1.165, 1.54) is 154 Å². The molecule has 0 saturated carbocycles. The van der Waals surface area contributed by atoms with Crippen LogP contribution in [-0.4, -0.2) is 9.13 Å². The van der Waals surface area contributed by atoms with E-state index in [1.54, 1.807) is 0 Å². The molecule has 0 N–H and O–H groups in total. The second kappa shape index (κ2) is 27.3. The van der Waals surface area contributed by atoms with Gasteiger partial charge in [0.2, 0.25) is 0 Å². The number of nitrogens with zero attached hydrogens (tertiary/aromatic N) is 4. The Kier molecular flexibility index (Phi) is 16.2. The third-order valence-corrected chi connectivity index (χ3v) is 24.4. The summed E-state index contributed by atoms with van der Waals surface area (Å²) in [4.78, 5) is 4.67. The van der Waals surface area contributed by atoms with Gasteiger partial charge in [0.05, 0.1) is 22.1 Å². The van der Waals surface area contributed by atoms with Crippen LogP contribution in [0.1, 0.15) is 49.9 Å². The zero-order valence-electron chi connectivity index (χ0n) is 64.0. The normalized spacial score (nSPS) is 12.9. The predicted octanol–water partition coefficient (Wildman–Crippen LogP) is 30.1. The number of para-hydroxylation sites is 4. The minimum Gasteiger partial charge on any atom is -0.311 e. The largest absolute Gasteiger partial charge is 0.311 e. The van der Waals surface area contributed by atoms with E-state index in [9.17, 15) is 0 Å². The molecule has 0 aliphatic heterocycles. The van der Waals surface area contributed by atoms with Crippen molar-refractivity contribution in [2.45, 2.75) is 38.5 Å².